The largest absolute Gasteiger partial charge is 0.342 e. The van der Waals surface area contributed by atoms with Crippen molar-refractivity contribution >= 4 is 28.5 Å². The highest BCUT2D eigenvalue weighted by Crippen LogP contribution is 2.23. The average molecular weight is 390 g/mol. The topological polar surface area (TPSA) is 46.9 Å². The van der Waals surface area contributed by atoms with Crippen molar-refractivity contribution < 1.29 is 4.79 Å². The minimum Gasteiger partial charge on any atom is -0.342 e. The zero-order valence-corrected chi connectivity index (χ0v) is 16.2. The summed E-state index contributed by atoms with van der Waals surface area (Å²) in [5.41, 5.74) is 3.72. The molecule has 1 amide bonds. The standard InChI is InChI=1S/C23H20ClN3O/c1-16(25-23(28)18-11-13-19(24)14-12-18)22-26-20-9-5-6-10-21(20)27(22)15-17-7-3-2-4-8-17/h2-14,16H,15H2,1H3,(H,25,28)/t16-/m1/s1. The van der Waals surface area contributed by atoms with Crippen molar-refractivity contribution in [3.8, 4) is 0 Å². The summed E-state index contributed by atoms with van der Waals surface area (Å²) >= 11 is 5.92. The zero-order chi connectivity index (χ0) is 19.5. The molecule has 5 heteroatoms. The molecule has 0 saturated carbocycles. The van der Waals surface area contributed by atoms with Crippen molar-refractivity contribution in [1.29, 1.82) is 0 Å². The Balaban J connectivity index is 1.66. The molecule has 4 rings (SSSR count). The minimum absolute atomic E-state index is 0.150. The Hall–Kier alpha value is -3.11. The second-order valence-electron chi connectivity index (χ2n) is 6.73. The highest BCUT2D eigenvalue weighted by atomic mass is 35.5. The highest BCUT2D eigenvalue weighted by molar-refractivity contribution is 6.30. The molecule has 0 unspecified atom stereocenters. The van der Waals surface area contributed by atoms with E-state index in [1.54, 1.807) is 24.3 Å². The lowest BCUT2D eigenvalue weighted by molar-refractivity contribution is 0.0938. The van der Waals surface area contributed by atoms with Crippen LogP contribution in [0.5, 0.6) is 0 Å². The van der Waals surface area contributed by atoms with E-state index in [2.05, 4.69) is 28.1 Å². The van der Waals surface area contributed by atoms with Crippen molar-refractivity contribution in [3.05, 3.63) is 101 Å². The number of amides is 1. The van der Waals surface area contributed by atoms with Crippen LogP contribution in [0.25, 0.3) is 11.0 Å². The van der Waals surface area contributed by atoms with Gasteiger partial charge in [-0.05, 0) is 48.9 Å². The lowest BCUT2D eigenvalue weighted by atomic mass is 10.2. The summed E-state index contributed by atoms with van der Waals surface area (Å²) in [6, 6.07) is 24.9. The number of para-hydroxylation sites is 2. The van der Waals surface area contributed by atoms with Crippen LogP contribution in [-0.2, 0) is 6.54 Å². The van der Waals surface area contributed by atoms with E-state index in [0.717, 1.165) is 16.9 Å². The fraction of sp³-hybridized carbons (Fsp3) is 0.130. The van der Waals surface area contributed by atoms with E-state index in [1.807, 2.05) is 43.3 Å². The molecule has 4 nitrogen and oxygen atoms in total. The van der Waals surface area contributed by atoms with E-state index in [4.69, 9.17) is 16.6 Å². The van der Waals surface area contributed by atoms with E-state index < -0.39 is 0 Å². The van der Waals surface area contributed by atoms with Gasteiger partial charge in [0.25, 0.3) is 5.91 Å². The summed E-state index contributed by atoms with van der Waals surface area (Å²) < 4.78 is 2.16. The average Bonchev–Trinajstić information content (AvgIpc) is 3.08. The molecule has 0 saturated heterocycles. The van der Waals surface area contributed by atoms with Crippen LogP contribution in [-0.4, -0.2) is 15.5 Å². The molecule has 0 spiro atoms. The normalized spacial score (nSPS) is 12.1. The summed E-state index contributed by atoms with van der Waals surface area (Å²) in [5.74, 6) is 0.676. The third-order valence-corrected chi connectivity index (χ3v) is 4.96. The molecular weight excluding hydrogens is 370 g/mol. The molecule has 1 heterocycles. The molecule has 1 aromatic heterocycles. The Labute approximate surface area is 168 Å². The predicted molar refractivity (Wildman–Crippen MR) is 113 cm³/mol. The van der Waals surface area contributed by atoms with Gasteiger partial charge in [0.15, 0.2) is 0 Å². The number of fused-ring (bicyclic) bond motifs is 1. The molecule has 0 bridgehead atoms. The van der Waals surface area contributed by atoms with E-state index in [0.29, 0.717) is 17.1 Å². The number of rotatable bonds is 5. The van der Waals surface area contributed by atoms with Crippen LogP contribution in [0, 0.1) is 0 Å². The second-order valence-corrected chi connectivity index (χ2v) is 7.17. The van der Waals surface area contributed by atoms with Crippen LogP contribution in [0.15, 0.2) is 78.9 Å². The summed E-state index contributed by atoms with van der Waals surface area (Å²) in [7, 11) is 0. The number of halogens is 1. The number of hydrogen-bond acceptors (Lipinski definition) is 2. The molecule has 0 fully saturated rings. The Kier molecular flexibility index (Phi) is 5.13. The number of hydrogen-bond donors (Lipinski definition) is 1. The third-order valence-electron chi connectivity index (χ3n) is 4.71. The first-order valence-electron chi connectivity index (χ1n) is 9.17. The van der Waals surface area contributed by atoms with Crippen molar-refractivity contribution in [2.75, 3.05) is 0 Å². The monoisotopic (exact) mass is 389 g/mol. The Morgan fingerprint density at radius 2 is 1.68 bits per heavy atom. The van der Waals surface area contributed by atoms with Crippen molar-refractivity contribution in [3.63, 3.8) is 0 Å². The Morgan fingerprint density at radius 1 is 1.00 bits per heavy atom. The van der Waals surface area contributed by atoms with E-state index in [1.165, 1.54) is 5.56 Å². The van der Waals surface area contributed by atoms with Crippen LogP contribution >= 0.6 is 11.6 Å². The molecule has 28 heavy (non-hydrogen) atoms. The van der Waals surface area contributed by atoms with Gasteiger partial charge in [-0.25, -0.2) is 4.98 Å². The number of benzene rings is 3. The van der Waals surface area contributed by atoms with Gasteiger partial charge in [-0.3, -0.25) is 4.79 Å². The third kappa shape index (κ3) is 3.78. The van der Waals surface area contributed by atoms with Crippen molar-refractivity contribution in [2.24, 2.45) is 0 Å². The summed E-state index contributed by atoms with van der Waals surface area (Å²) in [4.78, 5) is 17.4. The molecule has 4 aromatic rings. The SMILES string of the molecule is C[C@@H](NC(=O)c1ccc(Cl)cc1)c1nc2ccccc2n1Cc1ccccc1. The fourth-order valence-corrected chi connectivity index (χ4v) is 3.43. The first-order valence-corrected chi connectivity index (χ1v) is 9.55. The van der Waals surface area contributed by atoms with Gasteiger partial charge in [-0.1, -0.05) is 54.1 Å². The quantitative estimate of drug-likeness (QED) is 0.508. The lowest BCUT2D eigenvalue weighted by Crippen LogP contribution is -2.28. The highest BCUT2D eigenvalue weighted by Gasteiger charge is 2.19. The van der Waals surface area contributed by atoms with Crippen molar-refractivity contribution in [1.82, 2.24) is 14.9 Å². The van der Waals surface area contributed by atoms with Crippen LogP contribution in [0.1, 0.15) is 34.7 Å². The van der Waals surface area contributed by atoms with Gasteiger partial charge in [-0.15, -0.1) is 0 Å². The van der Waals surface area contributed by atoms with E-state index in [9.17, 15) is 4.79 Å². The Morgan fingerprint density at radius 3 is 2.43 bits per heavy atom. The van der Waals surface area contributed by atoms with E-state index >= 15 is 0 Å². The smallest absolute Gasteiger partial charge is 0.251 e. The number of carbonyl (C=O) groups is 1. The molecule has 3 aromatic carbocycles. The van der Waals surface area contributed by atoms with E-state index in [-0.39, 0.29) is 11.9 Å². The maximum atomic E-state index is 12.6. The summed E-state index contributed by atoms with van der Waals surface area (Å²) in [6.07, 6.45) is 0. The van der Waals surface area contributed by atoms with Gasteiger partial charge >= 0.3 is 0 Å². The predicted octanol–water partition coefficient (Wildman–Crippen LogP) is 5.23. The molecular formula is C23H20ClN3O. The first-order chi connectivity index (χ1) is 13.6. The molecule has 1 N–H and O–H groups in total. The molecule has 140 valence electrons. The fourth-order valence-electron chi connectivity index (χ4n) is 3.30. The van der Waals surface area contributed by atoms with Gasteiger partial charge in [-0.2, -0.15) is 0 Å². The van der Waals surface area contributed by atoms with Gasteiger partial charge in [0.2, 0.25) is 0 Å². The number of imidazole rings is 1. The van der Waals surface area contributed by atoms with Crippen LogP contribution < -0.4 is 5.32 Å². The number of nitrogens with zero attached hydrogens (tertiary/aromatic N) is 2. The zero-order valence-electron chi connectivity index (χ0n) is 15.5. The lowest BCUT2D eigenvalue weighted by Gasteiger charge is -2.16. The molecule has 0 aliphatic heterocycles. The maximum absolute atomic E-state index is 12.6. The number of carbonyl (C=O) groups excluding carboxylic acids is 1. The van der Waals surface area contributed by atoms with Crippen LogP contribution in [0.4, 0.5) is 0 Å². The summed E-state index contributed by atoms with van der Waals surface area (Å²) in [6.45, 7) is 2.65. The molecule has 0 aliphatic carbocycles. The number of nitrogens with one attached hydrogen (secondary N) is 1. The van der Waals surface area contributed by atoms with Gasteiger partial charge in [0.05, 0.1) is 17.1 Å². The van der Waals surface area contributed by atoms with Gasteiger partial charge in [0, 0.05) is 17.1 Å². The molecule has 1 atom stereocenters. The van der Waals surface area contributed by atoms with Gasteiger partial charge < -0.3 is 9.88 Å². The summed E-state index contributed by atoms with van der Waals surface area (Å²) in [5, 5.41) is 3.66. The maximum Gasteiger partial charge on any atom is 0.251 e. The minimum atomic E-state index is -0.251. The molecule has 0 aliphatic rings. The molecule has 0 radical (unpaired) electrons. The van der Waals surface area contributed by atoms with Crippen LogP contribution in [0.2, 0.25) is 5.02 Å². The van der Waals surface area contributed by atoms with Gasteiger partial charge in [0.1, 0.15) is 5.82 Å². The van der Waals surface area contributed by atoms with Crippen LogP contribution in [0.3, 0.4) is 0 Å². The van der Waals surface area contributed by atoms with Crippen molar-refractivity contribution in [2.45, 2.75) is 19.5 Å². The first kappa shape index (κ1) is 18.3. The number of aromatic nitrogens is 2. The second kappa shape index (κ2) is 7.87. The Bertz CT molecular complexity index is 1100.